The predicted octanol–water partition coefficient (Wildman–Crippen LogP) is 1.40. The first-order chi connectivity index (χ1) is 9.87. The van der Waals surface area contributed by atoms with E-state index in [4.69, 9.17) is 0 Å². The molecule has 0 saturated carbocycles. The summed E-state index contributed by atoms with van der Waals surface area (Å²) in [4.78, 5) is 34.6. The van der Waals surface area contributed by atoms with Crippen molar-refractivity contribution in [3.05, 3.63) is 46.0 Å². The van der Waals surface area contributed by atoms with Crippen molar-refractivity contribution < 1.29 is 24.0 Å². The van der Waals surface area contributed by atoms with Gasteiger partial charge >= 0.3 is 11.9 Å². The standard InChI is InChI=1S/C14H17NO6/c1-14(12(16)20-2,13(17)21-3)11(9-15(18)19)10-7-5-4-6-8-10/h4-8,11H,9H2,1-3H3. The molecule has 1 aromatic carbocycles. The van der Waals surface area contributed by atoms with Gasteiger partial charge in [0.1, 0.15) is 0 Å². The number of benzene rings is 1. The van der Waals surface area contributed by atoms with Gasteiger partial charge in [0.05, 0.1) is 20.1 Å². The maximum atomic E-state index is 12.1. The molecule has 1 aromatic rings. The van der Waals surface area contributed by atoms with Crippen LogP contribution in [0.2, 0.25) is 0 Å². The van der Waals surface area contributed by atoms with Gasteiger partial charge in [0.2, 0.25) is 6.54 Å². The number of carbonyl (C=O) groups excluding carboxylic acids is 2. The third kappa shape index (κ3) is 3.36. The van der Waals surface area contributed by atoms with E-state index in [1.54, 1.807) is 30.3 Å². The van der Waals surface area contributed by atoms with E-state index in [9.17, 15) is 19.7 Å². The van der Waals surface area contributed by atoms with Crippen LogP contribution in [0.4, 0.5) is 0 Å². The zero-order valence-corrected chi connectivity index (χ0v) is 12.1. The Bertz CT molecular complexity index is 512. The molecule has 0 bridgehead atoms. The molecule has 1 unspecified atom stereocenters. The van der Waals surface area contributed by atoms with Gasteiger partial charge in [-0.1, -0.05) is 30.3 Å². The molecule has 114 valence electrons. The number of ether oxygens (including phenoxy) is 2. The third-order valence-electron chi connectivity index (χ3n) is 3.45. The van der Waals surface area contributed by atoms with Crippen molar-refractivity contribution in [3.8, 4) is 0 Å². The van der Waals surface area contributed by atoms with E-state index in [1.807, 2.05) is 0 Å². The van der Waals surface area contributed by atoms with Crippen LogP contribution in [0.5, 0.6) is 0 Å². The van der Waals surface area contributed by atoms with Crippen molar-refractivity contribution in [1.82, 2.24) is 0 Å². The second-order valence-electron chi connectivity index (χ2n) is 4.66. The fourth-order valence-electron chi connectivity index (χ4n) is 2.25. The predicted molar refractivity (Wildman–Crippen MR) is 73.2 cm³/mol. The summed E-state index contributed by atoms with van der Waals surface area (Å²) in [7, 11) is 2.25. The van der Waals surface area contributed by atoms with Gasteiger partial charge < -0.3 is 9.47 Å². The fraction of sp³-hybridized carbons (Fsp3) is 0.429. The average molecular weight is 295 g/mol. The number of rotatable bonds is 6. The summed E-state index contributed by atoms with van der Waals surface area (Å²) in [6, 6.07) is 8.34. The van der Waals surface area contributed by atoms with Crippen molar-refractivity contribution in [2.24, 2.45) is 5.41 Å². The zero-order chi connectivity index (χ0) is 16.0. The Kier molecular flexibility index (Phi) is 5.40. The molecule has 1 atom stereocenters. The molecule has 0 spiro atoms. The van der Waals surface area contributed by atoms with Crippen LogP contribution in [0.3, 0.4) is 0 Å². The van der Waals surface area contributed by atoms with E-state index in [0.717, 1.165) is 14.2 Å². The number of esters is 2. The smallest absolute Gasteiger partial charge is 0.323 e. The van der Waals surface area contributed by atoms with Crippen LogP contribution >= 0.6 is 0 Å². The molecule has 0 fully saturated rings. The van der Waals surface area contributed by atoms with E-state index in [0.29, 0.717) is 5.56 Å². The van der Waals surface area contributed by atoms with Crippen LogP contribution in [0, 0.1) is 15.5 Å². The monoisotopic (exact) mass is 295 g/mol. The quantitative estimate of drug-likeness (QED) is 0.340. The number of hydrogen-bond acceptors (Lipinski definition) is 6. The number of nitro groups is 1. The van der Waals surface area contributed by atoms with Crippen LogP contribution in [0.1, 0.15) is 18.4 Å². The molecule has 0 aliphatic heterocycles. The van der Waals surface area contributed by atoms with Gasteiger partial charge in [-0.25, -0.2) is 0 Å². The second-order valence-corrected chi connectivity index (χ2v) is 4.66. The van der Waals surface area contributed by atoms with Gasteiger partial charge in [0, 0.05) is 4.92 Å². The Hall–Kier alpha value is -2.44. The summed E-state index contributed by atoms with van der Waals surface area (Å²) >= 11 is 0. The van der Waals surface area contributed by atoms with E-state index < -0.39 is 34.7 Å². The highest BCUT2D eigenvalue weighted by atomic mass is 16.6. The van der Waals surface area contributed by atoms with Crippen molar-refractivity contribution >= 4 is 11.9 Å². The lowest BCUT2D eigenvalue weighted by Crippen LogP contribution is -2.45. The molecule has 21 heavy (non-hydrogen) atoms. The molecule has 7 nitrogen and oxygen atoms in total. The van der Waals surface area contributed by atoms with Crippen LogP contribution in [0.15, 0.2) is 30.3 Å². The molecule has 1 rings (SSSR count). The van der Waals surface area contributed by atoms with Gasteiger partial charge in [-0.3, -0.25) is 19.7 Å². The molecular formula is C14H17NO6. The highest BCUT2D eigenvalue weighted by Crippen LogP contribution is 2.38. The molecule has 7 heteroatoms. The lowest BCUT2D eigenvalue weighted by molar-refractivity contribution is -0.485. The van der Waals surface area contributed by atoms with Crippen LogP contribution in [-0.2, 0) is 19.1 Å². The largest absolute Gasteiger partial charge is 0.468 e. The maximum absolute atomic E-state index is 12.1. The average Bonchev–Trinajstić information content (AvgIpc) is 2.50. The minimum Gasteiger partial charge on any atom is -0.468 e. The van der Waals surface area contributed by atoms with Gasteiger partial charge in [-0.05, 0) is 12.5 Å². The van der Waals surface area contributed by atoms with Gasteiger partial charge in [0.25, 0.3) is 0 Å². The topological polar surface area (TPSA) is 95.7 Å². The number of methoxy groups -OCH3 is 2. The van der Waals surface area contributed by atoms with Gasteiger partial charge in [-0.15, -0.1) is 0 Å². The highest BCUT2D eigenvalue weighted by molar-refractivity contribution is 6.00. The SMILES string of the molecule is COC(=O)C(C)(C(=O)OC)C(C[N+](=O)[O-])c1ccccc1. The molecule has 0 saturated heterocycles. The van der Waals surface area contributed by atoms with Crippen LogP contribution in [-0.4, -0.2) is 37.6 Å². The Morgan fingerprint density at radius 3 is 2.05 bits per heavy atom. The Morgan fingerprint density at radius 2 is 1.67 bits per heavy atom. The minimum atomic E-state index is -1.79. The molecule has 0 amide bonds. The van der Waals surface area contributed by atoms with E-state index in [-0.39, 0.29) is 0 Å². The van der Waals surface area contributed by atoms with Crippen molar-refractivity contribution in [3.63, 3.8) is 0 Å². The molecule has 0 aromatic heterocycles. The lowest BCUT2D eigenvalue weighted by atomic mass is 9.73. The summed E-state index contributed by atoms with van der Waals surface area (Å²) in [6.45, 7) is 0.705. The maximum Gasteiger partial charge on any atom is 0.323 e. The van der Waals surface area contributed by atoms with E-state index in [2.05, 4.69) is 9.47 Å². The Balaban J connectivity index is 3.41. The number of hydrogen-bond donors (Lipinski definition) is 0. The normalized spacial score (nSPS) is 12.3. The molecule has 0 N–H and O–H groups in total. The van der Waals surface area contributed by atoms with E-state index >= 15 is 0 Å². The van der Waals surface area contributed by atoms with Gasteiger partial charge in [-0.2, -0.15) is 0 Å². The minimum absolute atomic E-state index is 0.493. The second kappa shape index (κ2) is 6.83. The zero-order valence-electron chi connectivity index (χ0n) is 12.1. The molecular weight excluding hydrogens is 278 g/mol. The van der Waals surface area contributed by atoms with E-state index in [1.165, 1.54) is 6.92 Å². The summed E-state index contributed by atoms with van der Waals surface area (Å²) in [6.07, 6.45) is 0. The summed E-state index contributed by atoms with van der Waals surface area (Å²) in [5.74, 6) is -2.73. The summed E-state index contributed by atoms with van der Waals surface area (Å²) in [5, 5.41) is 11.0. The first-order valence-corrected chi connectivity index (χ1v) is 6.21. The first-order valence-electron chi connectivity index (χ1n) is 6.21. The van der Waals surface area contributed by atoms with Gasteiger partial charge in [0.15, 0.2) is 5.41 Å². The Morgan fingerprint density at radius 1 is 1.19 bits per heavy atom. The first kappa shape index (κ1) is 16.6. The third-order valence-corrected chi connectivity index (χ3v) is 3.45. The van der Waals surface area contributed by atoms with Crippen LogP contribution < -0.4 is 0 Å². The summed E-state index contributed by atoms with van der Waals surface area (Å²) < 4.78 is 9.32. The lowest BCUT2D eigenvalue weighted by Gasteiger charge is -2.30. The molecule has 0 heterocycles. The van der Waals surface area contributed by atoms with Crippen molar-refractivity contribution in [2.75, 3.05) is 20.8 Å². The van der Waals surface area contributed by atoms with Crippen molar-refractivity contribution in [1.29, 1.82) is 0 Å². The molecule has 0 aliphatic rings. The van der Waals surface area contributed by atoms with Crippen molar-refractivity contribution in [2.45, 2.75) is 12.8 Å². The molecule has 0 aliphatic carbocycles. The number of carbonyl (C=O) groups is 2. The molecule has 0 radical (unpaired) electrons. The summed E-state index contributed by atoms with van der Waals surface area (Å²) in [5.41, 5.74) is -1.30. The van der Waals surface area contributed by atoms with Crippen LogP contribution in [0.25, 0.3) is 0 Å². The number of nitrogens with zero attached hydrogens (tertiary/aromatic N) is 1. The fourth-order valence-corrected chi connectivity index (χ4v) is 2.25. The Labute approximate surface area is 122 Å². The highest BCUT2D eigenvalue weighted by Gasteiger charge is 2.53.